The zero-order valence-electron chi connectivity index (χ0n) is 13.2. The maximum atomic E-state index is 12.9. The highest BCUT2D eigenvalue weighted by Crippen LogP contribution is 2.36. The van der Waals surface area contributed by atoms with Crippen molar-refractivity contribution in [1.82, 2.24) is 20.1 Å². The van der Waals surface area contributed by atoms with Crippen molar-refractivity contribution in [1.29, 1.82) is 0 Å². The molecule has 1 aliphatic rings. The van der Waals surface area contributed by atoms with Gasteiger partial charge in [0.2, 0.25) is 0 Å². The molecule has 2 atom stereocenters. The number of nitrogens with one attached hydrogen (secondary N) is 1. The summed E-state index contributed by atoms with van der Waals surface area (Å²) >= 11 is 0. The fraction of sp³-hybridized carbons (Fsp3) is 0.500. The summed E-state index contributed by atoms with van der Waals surface area (Å²) in [5.74, 6) is 1.35. The molecule has 1 aromatic carbocycles. The van der Waals surface area contributed by atoms with E-state index in [0.717, 1.165) is 12.1 Å². The van der Waals surface area contributed by atoms with Gasteiger partial charge >= 0.3 is 6.18 Å². The van der Waals surface area contributed by atoms with Gasteiger partial charge in [-0.05, 0) is 24.1 Å². The van der Waals surface area contributed by atoms with Gasteiger partial charge in [-0.1, -0.05) is 19.1 Å². The fourth-order valence-corrected chi connectivity index (χ4v) is 3.08. The van der Waals surface area contributed by atoms with Crippen LogP contribution < -0.4 is 0 Å². The molecule has 24 heavy (non-hydrogen) atoms. The van der Waals surface area contributed by atoms with E-state index in [1.54, 1.807) is 6.07 Å². The van der Waals surface area contributed by atoms with E-state index in [0.29, 0.717) is 43.1 Å². The van der Waals surface area contributed by atoms with Crippen molar-refractivity contribution in [2.45, 2.75) is 44.6 Å². The van der Waals surface area contributed by atoms with Crippen LogP contribution in [0.15, 0.2) is 24.3 Å². The summed E-state index contributed by atoms with van der Waals surface area (Å²) in [6, 6.07) is 5.02. The van der Waals surface area contributed by atoms with Gasteiger partial charge in [0.1, 0.15) is 11.6 Å². The van der Waals surface area contributed by atoms with Gasteiger partial charge in [0, 0.05) is 19.0 Å². The minimum atomic E-state index is -4.38. The van der Waals surface area contributed by atoms with E-state index >= 15 is 0 Å². The van der Waals surface area contributed by atoms with E-state index in [9.17, 15) is 18.3 Å². The number of aliphatic hydroxyl groups excluding tert-OH is 1. The summed E-state index contributed by atoms with van der Waals surface area (Å²) < 4.78 is 38.8. The number of hydrogen-bond donors (Lipinski definition) is 2. The number of hydrogen-bond acceptors (Lipinski definition) is 4. The first-order chi connectivity index (χ1) is 11.4. The summed E-state index contributed by atoms with van der Waals surface area (Å²) in [6.45, 7) is 2.74. The molecule has 0 saturated carbocycles. The molecule has 0 spiro atoms. The Morgan fingerprint density at radius 2 is 2.17 bits per heavy atom. The van der Waals surface area contributed by atoms with Crippen LogP contribution in [-0.4, -0.2) is 37.8 Å². The van der Waals surface area contributed by atoms with Gasteiger partial charge in [-0.15, -0.1) is 0 Å². The van der Waals surface area contributed by atoms with Gasteiger partial charge in [-0.2, -0.15) is 18.3 Å². The van der Waals surface area contributed by atoms with Gasteiger partial charge in [-0.25, -0.2) is 4.98 Å². The van der Waals surface area contributed by atoms with Crippen LogP contribution in [0.3, 0.4) is 0 Å². The van der Waals surface area contributed by atoms with Crippen molar-refractivity contribution in [2.75, 3.05) is 6.54 Å². The van der Waals surface area contributed by atoms with E-state index in [2.05, 4.69) is 15.2 Å². The molecule has 1 fully saturated rings. The Morgan fingerprint density at radius 1 is 1.38 bits per heavy atom. The monoisotopic (exact) mass is 340 g/mol. The topological polar surface area (TPSA) is 65.0 Å². The Hall–Kier alpha value is -1.93. The maximum Gasteiger partial charge on any atom is 0.416 e. The molecule has 1 aliphatic heterocycles. The van der Waals surface area contributed by atoms with Gasteiger partial charge in [0.05, 0.1) is 18.2 Å². The van der Waals surface area contributed by atoms with Gasteiger partial charge in [0.15, 0.2) is 0 Å². The molecular weight excluding hydrogens is 321 g/mol. The molecule has 2 N–H and O–H groups in total. The van der Waals surface area contributed by atoms with Crippen molar-refractivity contribution in [3.05, 3.63) is 47.0 Å². The summed E-state index contributed by atoms with van der Waals surface area (Å²) in [4.78, 5) is 6.26. The molecule has 3 rings (SSSR count). The number of aryl methyl sites for hydroxylation is 1. The zero-order chi connectivity index (χ0) is 17.3. The third kappa shape index (κ3) is 3.59. The van der Waals surface area contributed by atoms with Crippen LogP contribution in [0.4, 0.5) is 13.2 Å². The first-order valence-corrected chi connectivity index (χ1v) is 7.86. The predicted octanol–water partition coefficient (Wildman–Crippen LogP) is 2.69. The van der Waals surface area contributed by atoms with Crippen LogP contribution in [0, 0.1) is 0 Å². The minimum Gasteiger partial charge on any atom is -0.392 e. The molecule has 130 valence electrons. The van der Waals surface area contributed by atoms with Crippen molar-refractivity contribution < 1.29 is 18.3 Å². The van der Waals surface area contributed by atoms with Gasteiger partial charge in [0.25, 0.3) is 0 Å². The Morgan fingerprint density at radius 3 is 2.83 bits per heavy atom. The number of likely N-dealkylation sites (tertiary alicyclic amines) is 1. The van der Waals surface area contributed by atoms with Crippen LogP contribution in [0.1, 0.15) is 42.2 Å². The third-order valence-electron chi connectivity index (χ3n) is 4.23. The fourth-order valence-electron chi connectivity index (χ4n) is 3.08. The average Bonchev–Trinajstić information content (AvgIpc) is 3.13. The largest absolute Gasteiger partial charge is 0.416 e. The lowest BCUT2D eigenvalue weighted by atomic mass is 10.0. The highest BCUT2D eigenvalue weighted by atomic mass is 19.4. The second-order valence-corrected chi connectivity index (χ2v) is 6.01. The number of β-amino-alcohol motifs (C(OH)–C–C–N with tert-alkyl or cyclic N) is 1. The average molecular weight is 340 g/mol. The molecular formula is C16H19F3N4O. The SMILES string of the molecule is CCc1n[nH]c(CN2CC(O)CC2c2cccc(C(F)(F)F)c2)n1. The van der Waals surface area contributed by atoms with Crippen molar-refractivity contribution in [2.24, 2.45) is 0 Å². The summed E-state index contributed by atoms with van der Waals surface area (Å²) in [7, 11) is 0. The smallest absolute Gasteiger partial charge is 0.392 e. The molecule has 5 nitrogen and oxygen atoms in total. The van der Waals surface area contributed by atoms with Crippen LogP contribution in [0.2, 0.25) is 0 Å². The number of rotatable bonds is 4. The van der Waals surface area contributed by atoms with Crippen LogP contribution in [0.5, 0.6) is 0 Å². The molecule has 0 bridgehead atoms. The van der Waals surface area contributed by atoms with Crippen molar-refractivity contribution >= 4 is 0 Å². The normalized spacial score (nSPS) is 22.2. The number of nitrogens with zero attached hydrogens (tertiary/aromatic N) is 3. The Bertz CT molecular complexity index is 701. The molecule has 0 amide bonds. The number of benzene rings is 1. The van der Waals surface area contributed by atoms with E-state index in [4.69, 9.17) is 0 Å². The molecule has 0 aliphatic carbocycles. The molecule has 2 heterocycles. The van der Waals surface area contributed by atoms with E-state index in [1.165, 1.54) is 6.07 Å². The lowest BCUT2D eigenvalue weighted by Gasteiger charge is -2.24. The lowest BCUT2D eigenvalue weighted by Crippen LogP contribution is -2.25. The second kappa shape index (κ2) is 6.52. The predicted molar refractivity (Wildman–Crippen MR) is 81.0 cm³/mol. The first kappa shape index (κ1) is 16.9. The third-order valence-corrected chi connectivity index (χ3v) is 4.23. The summed E-state index contributed by atoms with van der Waals surface area (Å²) in [5, 5.41) is 16.9. The number of alkyl halides is 3. The molecule has 8 heteroatoms. The molecule has 2 aromatic rings. The highest BCUT2D eigenvalue weighted by Gasteiger charge is 2.35. The van der Waals surface area contributed by atoms with Gasteiger partial charge in [-0.3, -0.25) is 10.00 Å². The van der Waals surface area contributed by atoms with Gasteiger partial charge < -0.3 is 5.11 Å². The van der Waals surface area contributed by atoms with E-state index in [-0.39, 0.29) is 6.04 Å². The number of aromatic nitrogens is 3. The Balaban J connectivity index is 1.82. The molecule has 2 unspecified atom stereocenters. The summed E-state index contributed by atoms with van der Waals surface area (Å²) in [5.41, 5.74) is -0.120. The quantitative estimate of drug-likeness (QED) is 0.898. The summed E-state index contributed by atoms with van der Waals surface area (Å²) in [6.07, 6.45) is -3.84. The van der Waals surface area contributed by atoms with Crippen LogP contribution in [-0.2, 0) is 19.1 Å². The van der Waals surface area contributed by atoms with Crippen molar-refractivity contribution in [3.63, 3.8) is 0 Å². The number of aliphatic hydroxyl groups is 1. The number of aromatic amines is 1. The Kier molecular flexibility index (Phi) is 4.60. The van der Waals surface area contributed by atoms with E-state index < -0.39 is 17.8 Å². The maximum absolute atomic E-state index is 12.9. The Labute approximate surface area is 137 Å². The molecule has 1 saturated heterocycles. The number of H-pyrrole nitrogens is 1. The van der Waals surface area contributed by atoms with Crippen molar-refractivity contribution in [3.8, 4) is 0 Å². The van der Waals surface area contributed by atoms with Crippen LogP contribution >= 0.6 is 0 Å². The molecule has 0 radical (unpaired) electrons. The first-order valence-electron chi connectivity index (χ1n) is 7.86. The second-order valence-electron chi connectivity index (χ2n) is 6.01. The standard InChI is InChI=1S/C16H19F3N4O/c1-2-14-20-15(22-21-14)9-23-8-12(24)7-13(23)10-4-3-5-11(6-10)16(17,18)19/h3-6,12-13,24H,2,7-9H2,1H3,(H,20,21,22). The zero-order valence-corrected chi connectivity index (χ0v) is 13.2. The number of halogens is 3. The van der Waals surface area contributed by atoms with E-state index in [1.807, 2.05) is 11.8 Å². The lowest BCUT2D eigenvalue weighted by molar-refractivity contribution is -0.137. The minimum absolute atomic E-state index is 0.280. The highest BCUT2D eigenvalue weighted by molar-refractivity contribution is 5.29. The molecule has 1 aromatic heterocycles. The van der Waals surface area contributed by atoms with Crippen LogP contribution in [0.25, 0.3) is 0 Å².